The predicted octanol–water partition coefficient (Wildman–Crippen LogP) is 3.83. The van der Waals surface area contributed by atoms with Crippen LogP contribution in [0.2, 0.25) is 0 Å². The van der Waals surface area contributed by atoms with Crippen LogP contribution in [0.4, 0.5) is 4.79 Å². The highest BCUT2D eigenvalue weighted by Gasteiger charge is 2.37. The molecule has 5 nitrogen and oxygen atoms in total. The molecule has 21 heavy (non-hydrogen) atoms. The SMILES string of the molecule is Cc1ccsc1C(C(=O)O)N(C(=O)OC(C)(C)C)C(C)C. The Bertz CT molecular complexity index is 516. The molecule has 1 aromatic heterocycles. The van der Waals surface area contributed by atoms with Gasteiger partial charge in [0.25, 0.3) is 0 Å². The van der Waals surface area contributed by atoms with Crippen LogP contribution in [-0.4, -0.2) is 33.7 Å². The highest BCUT2D eigenvalue weighted by Crippen LogP contribution is 2.31. The molecule has 1 unspecified atom stereocenters. The maximum atomic E-state index is 12.4. The summed E-state index contributed by atoms with van der Waals surface area (Å²) in [6.07, 6.45) is -0.613. The Morgan fingerprint density at radius 1 is 1.33 bits per heavy atom. The van der Waals surface area contributed by atoms with Gasteiger partial charge >= 0.3 is 12.1 Å². The van der Waals surface area contributed by atoms with Crippen LogP contribution in [0, 0.1) is 6.92 Å². The quantitative estimate of drug-likeness (QED) is 0.917. The minimum absolute atomic E-state index is 0.289. The van der Waals surface area contributed by atoms with Gasteiger partial charge in [0.2, 0.25) is 0 Å². The Hall–Kier alpha value is -1.56. The Labute approximate surface area is 129 Å². The monoisotopic (exact) mass is 313 g/mol. The van der Waals surface area contributed by atoms with Gasteiger partial charge in [-0.25, -0.2) is 9.59 Å². The van der Waals surface area contributed by atoms with Crippen LogP contribution >= 0.6 is 11.3 Å². The number of carboxylic acid groups (broad SMARTS) is 1. The molecule has 0 aliphatic rings. The molecule has 1 atom stereocenters. The number of nitrogens with zero attached hydrogens (tertiary/aromatic N) is 1. The second-order valence-corrected chi connectivity index (χ2v) is 7.14. The second-order valence-electron chi connectivity index (χ2n) is 6.19. The molecule has 1 rings (SSSR count). The number of aryl methyl sites for hydroxylation is 1. The summed E-state index contributed by atoms with van der Waals surface area (Å²) in [6, 6.07) is 0.533. The summed E-state index contributed by atoms with van der Waals surface area (Å²) in [6.45, 7) is 10.7. The van der Waals surface area contributed by atoms with Crippen molar-refractivity contribution in [3.8, 4) is 0 Å². The van der Waals surface area contributed by atoms with Crippen molar-refractivity contribution in [2.75, 3.05) is 0 Å². The third-order valence-electron chi connectivity index (χ3n) is 2.82. The van der Waals surface area contributed by atoms with Crippen LogP contribution in [0.25, 0.3) is 0 Å². The summed E-state index contributed by atoms with van der Waals surface area (Å²) in [5.74, 6) is -1.06. The van der Waals surface area contributed by atoms with Crippen LogP contribution in [0.15, 0.2) is 11.4 Å². The summed E-state index contributed by atoms with van der Waals surface area (Å²) < 4.78 is 5.36. The first-order valence-electron chi connectivity index (χ1n) is 6.82. The molecule has 0 aliphatic carbocycles. The van der Waals surface area contributed by atoms with Crippen molar-refractivity contribution >= 4 is 23.4 Å². The van der Waals surface area contributed by atoms with E-state index in [4.69, 9.17) is 4.74 Å². The van der Waals surface area contributed by atoms with Gasteiger partial charge in [0.05, 0.1) is 0 Å². The molecule has 0 aliphatic heterocycles. The van der Waals surface area contributed by atoms with Gasteiger partial charge in [0, 0.05) is 10.9 Å². The van der Waals surface area contributed by atoms with E-state index in [9.17, 15) is 14.7 Å². The van der Waals surface area contributed by atoms with Crippen LogP contribution in [0.1, 0.15) is 51.1 Å². The molecule has 6 heteroatoms. The highest BCUT2D eigenvalue weighted by molar-refractivity contribution is 7.10. The zero-order valence-electron chi connectivity index (χ0n) is 13.3. The lowest BCUT2D eigenvalue weighted by atomic mass is 10.1. The molecule has 0 fully saturated rings. The topological polar surface area (TPSA) is 66.8 Å². The van der Waals surface area contributed by atoms with Gasteiger partial charge in [-0.15, -0.1) is 11.3 Å². The second kappa shape index (κ2) is 6.47. The van der Waals surface area contributed by atoms with Gasteiger partial charge in [-0.05, 0) is 58.6 Å². The third-order valence-corrected chi connectivity index (χ3v) is 3.89. The lowest BCUT2D eigenvalue weighted by molar-refractivity contribution is -0.144. The molecule has 1 amide bonds. The van der Waals surface area contributed by atoms with E-state index < -0.39 is 23.7 Å². The fourth-order valence-electron chi connectivity index (χ4n) is 1.95. The molecule has 0 bridgehead atoms. The van der Waals surface area contributed by atoms with Crippen molar-refractivity contribution in [3.63, 3.8) is 0 Å². The van der Waals surface area contributed by atoms with Crippen molar-refractivity contribution < 1.29 is 19.4 Å². The Kier molecular flexibility index (Phi) is 5.39. The third kappa shape index (κ3) is 4.46. The number of hydrogen-bond acceptors (Lipinski definition) is 4. The Balaban J connectivity index is 3.20. The lowest BCUT2D eigenvalue weighted by Crippen LogP contribution is -2.45. The van der Waals surface area contributed by atoms with Gasteiger partial charge in [0.15, 0.2) is 6.04 Å². The smallest absolute Gasteiger partial charge is 0.411 e. The largest absolute Gasteiger partial charge is 0.479 e. The van der Waals surface area contributed by atoms with Gasteiger partial charge in [-0.2, -0.15) is 0 Å². The number of carboxylic acids is 1. The number of ether oxygens (including phenoxy) is 1. The van der Waals surface area contributed by atoms with Crippen LogP contribution < -0.4 is 0 Å². The number of amides is 1. The van der Waals surface area contributed by atoms with Gasteiger partial charge < -0.3 is 9.84 Å². The van der Waals surface area contributed by atoms with Crippen molar-refractivity contribution in [1.82, 2.24) is 4.90 Å². The predicted molar refractivity (Wildman–Crippen MR) is 82.6 cm³/mol. The van der Waals surface area contributed by atoms with E-state index in [1.807, 2.05) is 18.4 Å². The van der Waals surface area contributed by atoms with Crippen LogP contribution in [-0.2, 0) is 9.53 Å². The maximum absolute atomic E-state index is 12.4. The summed E-state index contributed by atoms with van der Waals surface area (Å²) in [7, 11) is 0. The summed E-state index contributed by atoms with van der Waals surface area (Å²) >= 11 is 1.34. The van der Waals surface area contributed by atoms with E-state index in [2.05, 4.69) is 0 Å². The lowest BCUT2D eigenvalue weighted by Gasteiger charge is -2.34. The summed E-state index contributed by atoms with van der Waals surface area (Å²) in [5.41, 5.74) is 0.194. The highest BCUT2D eigenvalue weighted by atomic mass is 32.1. The van der Waals surface area contributed by atoms with E-state index in [1.165, 1.54) is 16.2 Å². The van der Waals surface area contributed by atoms with Crippen molar-refractivity contribution in [1.29, 1.82) is 0 Å². The Morgan fingerprint density at radius 2 is 1.90 bits per heavy atom. The molecule has 0 saturated carbocycles. The number of carbonyl (C=O) groups is 2. The normalized spacial score (nSPS) is 13.1. The minimum atomic E-state index is -1.06. The number of aliphatic carboxylic acids is 1. The number of rotatable bonds is 4. The number of carbonyl (C=O) groups excluding carboxylic acids is 1. The van der Waals surface area contributed by atoms with Gasteiger partial charge in [-0.1, -0.05) is 0 Å². The average Bonchev–Trinajstić information content (AvgIpc) is 2.68. The molecular weight excluding hydrogens is 290 g/mol. The zero-order valence-corrected chi connectivity index (χ0v) is 14.2. The Morgan fingerprint density at radius 3 is 2.24 bits per heavy atom. The molecule has 0 aromatic carbocycles. The fourth-order valence-corrected chi connectivity index (χ4v) is 2.97. The standard InChI is InChI=1S/C15H23NO4S/c1-9(2)16(14(19)20-15(4,5)6)11(13(17)18)12-10(3)7-8-21-12/h7-9,11H,1-6H3,(H,17,18). The van der Waals surface area contributed by atoms with E-state index in [1.54, 1.807) is 34.6 Å². The molecule has 0 radical (unpaired) electrons. The van der Waals surface area contributed by atoms with Crippen molar-refractivity contribution in [2.45, 2.75) is 59.2 Å². The minimum Gasteiger partial charge on any atom is -0.479 e. The average molecular weight is 313 g/mol. The molecule has 1 aromatic rings. The molecular formula is C15H23NO4S. The number of hydrogen-bond donors (Lipinski definition) is 1. The zero-order chi connectivity index (χ0) is 16.4. The number of thiophene rings is 1. The molecule has 1 heterocycles. The first kappa shape index (κ1) is 17.5. The van der Waals surface area contributed by atoms with Crippen LogP contribution in [0.3, 0.4) is 0 Å². The van der Waals surface area contributed by atoms with Gasteiger partial charge in [-0.3, -0.25) is 4.90 Å². The van der Waals surface area contributed by atoms with Crippen molar-refractivity contribution in [2.24, 2.45) is 0 Å². The van der Waals surface area contributed by atoms with E-state index in [-0.39, 0.29) is 6.04 Å². The van der Waals surface area contributed by atoms with E-state index >= 15 is 0 Å². The summed E-state index contributed by atoms with van der Waals surface area (Å²) in [4.78, 5) is 26.1. The molecule has 0 spiro atoms. The van der Waals surface area contributed by atoms with E-state index in [0.717, 1.165) is 5.56 Å². The van der Waals surface area contributed by atoms with Gasteiger partial charge in [0.1, 0.15) is 5.60 Å². The first-order valence-corrected chi connectivity index (χ1v) is 7.70. The molecule has 1 N–H and O–H groups in total. The molecule has 118 valence electrons. The maximum Gasteiger partial charge on any atom is 0.411 e. The fraction of sp³-hybridized carbons (Fsp3) is 0.600. The van der Waals surface area contributed by atoms with E-state index in [0.29, 0.717) is 4.88 Å². The summed E-state index contributed by atoms with van der Waals surface area (Å²) in [5, 5.41) is 11.4. The van der Waals surface area contributed by atoms with Crippen molar-refractivity contribution in [3.05, 3.63) is 21.9 Å². The molecule has 0 saturated heterocycles. The first-order chi connectivity index (χ1) is 9.54. The van der Waals surface area contributed by atoms with Crippen LogP contribution in [0.5, 0.6) is 0 Å².